The zero-order chi connectivity index (χ0) is 7.19. The third-order valence-electron chi connectivity index (χ3n) is 2.46. The second kappa shape index (κ2) is 1.94. The lowest BCUT2D eigenvalue weighted by Crippen LogP contribution is -2.64. The fourth-order valence-electron chi connectivity index (χ4n) is 1.90. The van der Waals surface area contributed by atoms with Crippen LogP contribution in [0.15, 0.2) is 0 Å². The molecule has 0 bridgehead atoms. The van der Waals surface area contributed by atoms with Gasteiger partial charge in [0.25, 0.3) is 0 Å². The number of hydrogen-bond acceptors (Lipinski definition) is 3. The number of rotatable bonds is 0. The molecule has 2 heterocycles. The van der Waals surface area contributed by atoms with Crippen LogP contribution >= 0.6 is 0 Å². The predicted molar refractivity (Wildman–Crippen MR) is 36.8 cm³/mol. The van der Waals surface area contributed by atoms with E-state index in [0.717, 1.165) is 26.1 Å². The number of aliphatic hydroxyl groups is 1. The van der Waals surface area contributed by atoms with Crippen LogP contribution < -0.4 is 0 Å². The van der Waals surface area contributed by atoms with Crippen molar-refractivity contribution in [1.82, 2.24) is 4.90 Å². The molecule has 0 aromatic carbocycles. The molecule has 1 spiro atoms. The van der Waals surface area contributed by atoms with Crippen LogP contribution in [0.5, 0.6) is 0 Å². The quantitative estimate of drug-likeness (QED) is 0.494. The minimum atomic E-state index is -0.219. The Morgan fingerprint density at radius 3 is 2.70 bits per heavy atom. The van der Waals surface area contributed by atoms with Gasteiger partial charge in [-0.25, -0.2) is 0 Å². The summed E-state index contributed by atoms with van der Waals surface area (Å²) in [4.78, 5) is 2.16. The minimum absolute atomic E-state index is 0.172. The molecule has 1 unspecified atom stereocenters. The fourth-order valence-corrected chi connectivity index (χ4v) is 1.90. The van der Waals surface area contributed by atoms with Crippen LogP contribution in [0.1, 0.15) is 6.42 Å². The van der Waals surface area contributed by atoms with E-state index in [0.29, 0.717) is 0 Å². The summed E-state index contributed by atoms with van der Waals surface area (Å²) in [6.07, 6.45) is 0.595. The van der Waals surface area contributed by atoms with Crippen LogP contribution in [0, 0.1) is 0 Å². The average molecular weight is 143 g/mol. The van der Waals surface area contributed by atoms with Crippen molar-refractivity contribution in [2.75, 3.05) is 26.7 Å². The highest BCUT2D eigenvalue weighted by Gasteiger charge is 2.51. The third-order valence-corrected chi connectivity index (χ3v) is 2.46. The standard InChI is InChI=1S/C7H13NO2/c1-8-4-7(5-8)6(9)2-3-10-7/h6,9H,2-5H2,1H3. The van der Waals surface area contributed by atoms with E-state index in [-0.39, 0.29) is 11.7 Å². The van der Waals surface area contributed by atoms with Gasteiger partial charge in [0.2, 0.25) is 0 Å². The van der Waals surface area contributed by atoms with E-state index in [4.69, 9.17) is 4.74 Å². The highest BCUT2D eigenvalue weighted by Crippen LogP contribution is 2.33. The van der Waals surface area contributed by atoms with Crippen LogP contribution in [-0.4, -0.2) is 48.5 Å². The molecule has 0 saturated carbocycles. The Bertz CT molecular complexity index is 143. The van der Waals surface area contributed by atoms with Crippen LogP contribution in [0.4, 0.5) is 0 Å². The van der Waals surface area contributed by atoms with Crippen molar-refractivity contribution in [3.8, 4) is 0 Å². The lowest BCUT2D eigenvalue weighted by Gasteiger charge is -2.46. The predicted octanol–water partition coefficient (Wildman–Crippen LogP) is -0.548. The molecule has 0 amide bonds. The van der Waals surface area contributed by atoms with Gasteiger partial charge in [0.1, 0.15) is 5.60 Å². The highest BCUT2D eigenvalue weighted by atomic mass is 16.5. The molecule has 0 aliphatic carbocycles. The van der Waals surface area contributed by atoms with Gasteiger partial charge in [-0.3, -0.25) is 0 Å². The smallest absolute Gasteiger partial charge is 0.119 e. The Morgan fingerprint density at radius 1 is 1.60 bits per heavy atom. The Hall–Kier alpha value is -0.120. The van der Waals surface area contributed by atoms with Gasteiger partial charge in [-0.1, -0.05) is 0 Å². The summed E-state index contributed by atoms with van der Waals surface area (Å²) in [6, 6.07) is 0. The minimum Gasteiger partial charge on any atom is -0.390 e. The summed E-state index contributed by atoms with van der Waals surface area (Å²) < 4.78 is 5.47. The molecule has 2 aliphatic heterocycles. The van der Waals surface area contributed by atoms with Gasteiger partial charge in [-0.15, -0.1) is 0 Å². The Labute approximate surface area is 60.6 Å². The second-order valence-electron chi connectivity index (χ2n) is 3.39. The van der Waals surface area contributed by atoms with Crippen LogP contribution in [0.25, 0.3) is 0 Å². The molecule has 2 saturated heterocycles. The lowest BCUT2D eigenvalue weighted by atomic mass is 9.89. The molecule has 2 rings (SSSR count). The lowest BCUT2D eigenvalue weighted by molar-refractivity contribution is -0.144. The second-order valence-corrected chi connectivity index (χ2v) is 3.39. The molecule has 1 N–H and O–H groups in total. The van der Waals surface area contributed by atoms with E-state index in [1.165, 1.54) is 0 Å². The third kappa shape index (κ3) is 0.713. The molecule has 0 aromatic rings. The van der Waals surface area contributed by atoms with Gasteiger partial charge in [0.05, 0.1) is 12.7 Å². The van der Waals surface area contributed by atoms with E-state index >= 15 is 0 Å². The normalized spacial score (nSPS) is 38.4. The van der Waals surface area contributed by atoms with Gasteiger partial charge < -0.3 is 14.7 Å². The Balaban J connectivity index is 2.03. The number of ether oxygens (including phenoxy) is 1. The molecule has 2 aliphatic rings. The molecule has 3 nitrogen and oxygen atoms in total. The molecular weight excluding hydrogens is 130 g/mol. The van der Waals surface area contributed by atoms with Crippen LogP contribution in [0.2, 0.25) is 0 Å². The summed E-state index contributed by atoms with van der Waals surface area (Å²) in [5.74, 6) is 0. The maximum absolute atomic E-state index is 9.47. The van der Waals surface area contributed by atoms with Crippen molar-refractivity contribution in [1.29, 1.82) is 0 Å². The molecule has 0 aromatic heterocycles. The Morgan fingerprint density at radius 2 is 2.30 bits per heavy atom. The number of aliphatic hydroxyl groups excluding tert-OH is 1. The van der Waals surface area contributed by atoms with E-state index < -0.39 is 0 Å². The highest BCUT2D eigenvalue weighted by molar-refractivity contribution is 5.04. The number of likely N-dealkylation sites (N-methyl/N-ethyl adjacent to an activating group) is 1. The maximum Gasteiger partial charge on any atom is 0.119 e. The van der Waals surface area contributed by atoms with Crippen molar-refractivity contribution in [3.05, 3.63) is 0 Å². The molecule has 3 heteroatoms. The van der Waals surface area contributed by atoms with Gasteiger partial charge in [-0.05, 0) is 13.5 Å². The maximum atomic E-state index is 9.47. The van der Waals surface area contributed by atoms with Crippen molar-refractivity contribution in [2.24, 2.45) is 0 Å². The number of nitrogens with zero attached hydrogens (tertiary/aromatic N) is 1. The van der Waals surface area contributed by atoms with Gasteiger partial charge >= 0.3 is 0 Å². The summed E-state index contributed by atoms with van der Waals surface area (Å²) in [5, 5.41) is 9.47. The monoisotopic (exact) mass is 143 g/mol. The first-order chi connectivity index (χ1) is 4.73. The van der Waals surface area contributed by atoms with E-state index in [2.05, 4.69) is 4.90 Å². The van der Waals surface area contributed by atoms with Crippen LogP contribution in [0.3, 0.4) is 0 Å². The first-order valence-electron chi connectivity index (χ1n) is 3.73. The van der Waals surface area contributed by atoms with E-state index in [1.54, 1.807) is 0 Å². The van der Waals surface area contributed by atoms with Crippen molar-refractivity contribution < 1.29 is 9.84 Å². The molecule has 10 heavy (non-hydrogen) atoms. The zero-order valence-corrected chi connectivity index (χ0v) is 6.21. The molecular formula is C7H13NO2. The van der Waals surface area contributed by atoms with Crippen LogP contribution in [-0.2, 0) is 4.74 Å². The fraction of sp³-hybridized carbons (Fsp3) is 1.00. The van der Waals surface area contributed by atoms with Gasteiger partial charge in [-0.2, -0.15) is 0 Å². The van der Waals surface area contributed by atoms with Gasteiger partial charge in [0, 0.05) is 13.1 Å². The Kier molecular flexibility index (Phi) is 1.27. The van der Waals surface area contributed by atoms with Crippen molar-refractivity contribution in [2.45, 2.75) is 18.1 Å². The summed E-state index contributed by atoms with van der Waals surface area (Å²) in [6.45, 7) is 2.53. The average Bonchev–Trinajstić information content (AvgIpc) is 2.12. The number of hydrogen-bond donors (Lipinski definition) is 1. The van der Waals surface area contributed by atoms with Gasteiger partial charge in [0.15, 0.2) is 0 Å². The summed E-state index contributed by atoms with van der Waals surface area (Å²) >= 11 is 0. The van der Waals surface area contributed by atoms with E-state index in [9.17, 15) is 5.11 Å². The zero-order valence-electron chi connectivity index (χ0n) is 6.21. The molecule has 2 fully saturated rings. The first-order valence-corrected chi connectivity index (χ1v) is 3.73. The van der Waals surface area contributed by atoms with Crippen molar-refractivity contribution in [3.63, 3.8) is 0 Å². The topological polar surface area (TPSA) is 32.7 Å². The van der Waals surface area contributed by atoms with Crippen molar-refractivity contribution >= 4 is 0 Å². The molecule has 58 valence electrons. The van der Waals surface area contributed by atoms with E-state index in [1.807, 2.05) is 7.05 Å². The summed E-state index contributed by atoms with van der Waals surface area (Å²) in [7, 11) is 2.04. The largest absolute Gasteiger partial charge is 0.390 e. The molecule has 1 atom stereocenters. The summed E-state index contributed by atoms with van der Waals surface area (Å²) in [5.41, 5.74) is -0.172. The first kappa shape index (κ1) is 6.58. The number of likely N-dealkylation sites (tertiary alicyclic amines) is 1. The SMILES string of the molecule is CN1CC2(C1)OCCC2O. The molecule has 0 radical (unpaired) electrons.